The van der Waals surface area contributed by atoms with Crippen LogP contribution in [0.5, 0.6) is 0 Å². The van der Waals surface area contributed by atoms with Gasteiger partial charge in [-0.2, -0.15) is 26.3 Å². The van der Waals surface area contributed by atoms with Crippen molar-refractivity contribution in [2.45, 2.75) is 115 Å². The SMILES string of the molecule is CC(C)(O)CCC[C@@](C)(C/C=C/C(O)(C(F)(F)F)C(F)(F)F)CC1CCC2C(=O)CCC[C@]12C. The highest BCUT2D eigenvalue weighted by Gasteiger charge is 2.69. The molecule has 198 valence electrons. The van der Waals surface area contributed by atoms with Gasteiger partial charge in [-0.15, -0.1) is 0 Å². The maximum atomic E-state index is 13.1. The highest BCUT2D eigenvalue weighted by Crippen LogP contribution is 2.58. The fraction of sp³-hybridized carbons (Fsp3) is 0.880. The molecule has 0 saturated heterocycles. The van der Waals surface area contributed by atoms with Crippen molar-refractivity contribution in [3.63, 3.8) is 0 Å². The van der Waals surface area contributed by atoms with Crippen LogP contribution in [-0.2, 0) is 4.79 Å². The zero-order valence-corrected chi connectivity index (χ0v) is 20.5. The molecule has 0 spiro atoms. The van der Waals surface area contributed by atoms with E-state index in [1.807, 2.05) is 6.92 Å². The van der Waals surface area contributed by atoms with Crippen molar-refractivity contribution in [3.8, 4) is 0 Å². The van der Waals surface area contributed by atoms with Gasteiger partial charge >= 0.3 is 12.4 Å². The molecule has 0 heterocycles. The van der Waals surface area contributed by atoms with Crippen LogP contribution < -0.4 is 0 Å². The van der Waals surface area contributed by atoms with Crippen LogP contribution >= 0.6 is 0 Å². The number of rotatable bonds is 9. The van der Waals surface area contributed by atoms with E-state index in [4.69, 9.17) is 0 Å². The molecule has 2 N–H and O–H groups in total. The maximum absolute atomic E-state index is 13.1. The van der Waals surface area contributed by atoms with Gasteiger partial charge in [-0.1, -0.05) is 26.3 Å². The lowest BCUT2D eigenvalue weighted by molar-refractivity contribution is -0.347. The topological polar surface area (TPSA) is 57.5 Å². The number of Topliss-reactive ketones (excluding diaryl/α,β-unsaturated/α-hetero) is 1. The van der Waals surface area contributed by atoms with Gasteiger partial charge in [0.15, 0.2) is 0 Å². The molecule has 2 aliphatic carbocycles. The lowest BCUT2D eigenvalue weighted by Crippen LogP contribution is -2.55. The van der Waals surface area contributed by atoms with Gasteiger partial charge in [0.1, 0.15) is 5.78 Å². The predicted octanol–water partition coefficient (Wildman–Crippen LogP) is 6.91. The largest absolute Gasteiger partial charge is 0.429 e. The van der Waals surface area contributed by atoms with E-state index in [0.717, 1.165) is 31.8 Å². The summed E-state index contributed by atoms with van der Waals surface area (Å²) in [6, 6.07) is 0. The third-order valence-corrected chi connectivity index (χ3v) is 8.20. The highest BCUT2D eigenvalue weighted by atomic mass is 19.4. The molecule has 0 radical (unpaired) electrons. The number of carbonyl (C=O) groups excluding carboxylic acids is 1. The van der Waals surface area contributed by atoms with Gasteiger partial charge in [0.25, 0.3) is 5.60 Å². The molecule has 0 aliphatic heterocycles. The molecular weight excluding hydrogens is 462 g/mol. The number of ketones is 1. The molecule has 0 aromatic carbocycles. The summed E-state index contributed by atoms with van der Waals surface area (Å²) in [5, 5.41) is 19.5. The van der Waals surface area contributed by atoms with Crippen molar-refractivity contribution < 1.29 is 41.4 Å². The number of aliphatic hydroxyl groups is 2. The van der Waals surface area contributed by atoms with E-state index in [9.17, 15) is 41.4 Å². The summed E-state index contributed by atoms with van der Waals surface area (Å²) < 4.78 is 78.4. The number of fused-ring (bicyclic) bond motifs is 1. The average Bonchev–Trinajstić information content (AvgIpc) is 2.96. The smallest absolute Gasteiger partial charge is 0.390 e. The summed E-state index contributed by atoms with van der Waals surface area (Å²) in [4.78, 5) is 12.5. The Bertz CT molecular complexity index is 737. The van der Waals surface area contributed by atoms with Crippen molar-refractivity contribution in [1.82, 2.24) is 0 Å². The lowest BCUT2D eigenvalue weighted by atomic mass is 9.61. The van der Waals surface area contributed by atoms with Crippen molar-refractivity contribution in [2.24, 2.45) is 22.7 Å². The molecule has 0 aromatic rings. The van der Waals surface area contributed by atoms with Crippen LogP contribution in [0.1, 0.15) is 91.9 Å². The third-order valence-electron chi connectivity index (χ3n) is 8.20. The fourth-order valence-corrected chi connectivity index (χ4v) is 6.07. The van der Waals surface area contributed by atoms with Crippen LogP contribution in [-0.4, -0.2) is 39.6 Å². The molecule has 4 atom stereocenters. The minimum absolute atomic E-state index is 0.0389. The summed E-state index contributed by atoms with van der Waals surface area (Å²) >= 11 is 0. The van der Waals surface area contributed by atoms with Crippen molar-refractivity contribution in [1.29, 1.82) is 0 Å². The predicted molar refractivity (Wildman–Crippen MR) is 117 cm³/mol. The molecule has 0 aromatic heterocycles. The molecule has 2 saturated carbocycles. The van der Waals surface area contributed by atoms with Crippen LogP contribution in [0.3, 0.4) is 0 Å². The minimum Gasteiger partial charge on any atom is -0.390 e. The summed E-state index contributed by atoms with van der Waals surface area (Å²) in [5.74, 6) is 0.342. The van der Waals surface area contributed by atoms with Crippen molar-refractivity contribution >= 4 is 5.78 Å². The van der Waals surface area contributed by atoms with E-state index >= 15 is 0 Å². The third kappa shape index (κ3) is 6.37. The molecule has 34 heavy (non-hydrogen) atoms. The molecule has 0 amide bonds. The van der Waals surface area contributed by atoms with Crippen LogP contribution in [0.25, 0.3) is 0 Å². The Morgan fingerprint density at radius 2 is 1.59 bits per heavy atom. The van der Waals surface area contributed by atoms with E-state index < -0.39 is 29.0 Å². The van der Waals surface area contributed by atoms with Gasteiger partial charge < -0.3 is 10.2 Å². The van der Waals surface area contributed by atoms with Crippen LogP contribution in [0.4, 0.5) is 26.3 Å². The van der Waals surface area contributed by atoms with Gasteiger partial charge in [-0.3, -0.25) is 4.79 Å². The van der Waals surface area contributed by atoms with E-state index in [0.29, 0.717) is 32.1 Å². The highest BCUT2D eigenvalue weighted by molar-refractivity contribution is 5.83. The van der Waals surface area contributed by atoms with Gasteiger partial charge in [-0.25, -0.2) is 0 Å². The number of allylic oxidation sites excluding steroid dienone is 1. The monoisotopic (exact) mass is 500 g/mol. The van der Waals surface area contributed by atoms with E-state index in [1.54, 1.807) is 13.8 Å². The summed E-state index contributed by atoms with van der Waals surface area (Å²) in [6.45, 7) is 7.22. The second kappa shape index (κ2) is 9.75. The van der Waals surface area contributed by atoms with E-state index in [2.05, 4.69) is 6.92 Å². The van der Waals surface area contributed by atoms with Gasteiger partial charge in [-0.05, 0) is 88.0 Å². The number of halogens is 6. The summed E-state index contributed by atoms with van der Waals surface area (Å²) in [5.41, 5.74) is -6.71. The first-order valence-electron chi connectivity index (χ1n) is 12.0. The number of alkyl halides is 6. The zero-order valence-electron chi connectivity index (χ0n) is 20.5. The first kappa shape index (κ1) is 29.1. The number of carbonyl (C=O) groups is 1. The Morgan fingerprint density at radius 3 is 2.12 bits per heavy atom. The summed E-state index contributed by atoms with van der Waals surface area (Å²) in [7, 11) is 0. The van der Waals surface area contributed by atoms with Gasteiger partial charge in [0, 0.05) is 12.3 Å². The van der Waals surface area contributed by atoms with Crippen LogP contribution in [0, 0.1) is 22.7 Å². The first-order valence-corrected chi connectivity index (χ1v) is 12.0. The Kier molecular flexibility index (Phi) is 8.36. The molecule has 0 bridgehead atoms. The van der Waals surface area contributed by atoms with Crippen molar-refractivity contribution in [3.05, 3.63) is 12.2 Å². The van der Waals surface area contributed by atoms with E-state index in [-0.39, 0.29) is 35.5 Å². The second-order valence-electron chi connectivity index (χ2n) is 11.7. The Morgan fingerprint density at radius 1 is 1.00 bits per heavy atom. The normalized spacial score (nSPS) is 28.9. The molecule has 2 unspecified atom stereocenters. The second-order valence-corrected chi connectivity index (χ2v) is 11.7. The molecule has 9 heteroatoms. The van der Waals surface area contributed by atoms with Crippen LogP contribution in [0.15, 0.2) is 12.2 Å². The minimum atomic E-state index is -5.90. The first-order chi connectivity index (χ1) is 15.2. The molecule has 2 aliphatic rings. The van der Waals surface area contributed by atoms with Crippen LogP contribution in [0.2, 0.25) is 0 Å². The molecule has 2 rings (SSSR count). The Balaban J connectivity index is 2.26. The fourth-order valence-electron chi connectivity index (χ4n) is 6.07. The summed E-state index contributed by atoms with van der Waals surface area (Å²) in [6.07, 6.45) is -5.43. The van der Waals surface area contributed by atoms with Gasteiger partial charge in [0.2, 0.25) is 0 Å². The molecule has 2 fully saturated rings. The standard InChI is InChI=1S/C25H38F6O3/c1-20(2,33)11-6-12-21(3,13-7-15-23(34,24(26,27)28)25(29,30)31)16-17-9-10-18-19(32)8-5-14-22(17,18)4/h7,15,17-18,33-34H,5-6,8-14,16H2,1-4H3/b15-7+/t17?,18?,21-,22+/m0/s1. The quantitative estimate of drug-likeness (QED) is 0.267. The van der Waals surface area contributed by atoms with E-state index in [1.165, 1.54) is 0 Å². The number of hydrogen-bond donors (Lipinski definition) is 2. The average molecular weight is 501 g/mol. The lowest BCUT2D eigenvalue weighted by Gasteiger charge is -2.43. The molecule has 3 nitrogen and oxygen atoms in total. The maximum Gasteiger partial charge on any atom is 0.429 e. The zero-order chi connectivity index (χ0) is 26.2. The van der Waals surface area contributed by atoms with Gasteiger partial charge in [0.05, 0.1) is 5.60 Å². The van der Waals surface area contributed by atoms with Crippen molar-refractivity contribution in [2.75, 3.05) is 0 Å². The Hall–Kier alpha value is -1.09. The number of hydrogen-bond acceptors (Lipinski definition) is 3. The Labute approximate surface area is 198 Å². The molecular formula is C25H38F6O3.